The Labute approximate surface area is 194 Å². The Hall–Kier alpha value is -2.95. The fourth-order valence-electron chi connectivity index (χ4n) is 4.16. The van der Waals surface area contributed by atoms with Gasteiger partial charge in [0, 0.05) is 37.4 Å². The molecule has 0 radical (unpaired) electrons. The predicted molar refractivity (Wildman–Crippen MR) is 119 cm³/mol. The van der Waals surface area contributed by atoms with Crippen molar-refractivity contribution in [3.8, 4) is 11.3 Å². The van der Waals surface area contributed by atoms with Gasteiger partial charge in [0.2, 0.25) is 6.10 Å². The fourth-order valence-corrected chi connectivity index (χ4v) is 4.16. The lowest BCUT2D eigenvalue weighted by Gasteiger charge is -2.34. The van der Waals surface area contributed by atoms with Gasteiger partial charge in [0.25, 0.3) is 0 Å². The van der Waals surface area contributed by atoms with E-state index < -0.39 is 30.0 Å². The van der Waals surface area contributed by atoms with E-state index in [1.54, 1.807) is 19.9 Å². The molecular weight excluding hydrogens is 454 g/mol. The van der Waals surface area contributed by atoms with Gasteiger partial charge in [-0.05, 0) is 43.5 Å². The average molecular weight is 481 g/mol. The van der Waals surface area contributed by atoms with Crippen molar-refractivity contribution in [1.82, 2.24) is 15.3 Å². The molecule has 34 heavy (non-hydrogen) atoms. The quantitative estimate of drug-likeness (QED) is 0.602. The number of halogens is 4. The van der Waals surface area contributed by atoms with Gasteiger partial charge in [0.05, 0.1) is 11.3 Å². The van der Waals surface area contributed by atoms with Crippen molar-refractivity contribution in [3.05, 3.63) is 35.5 Å². The molecule has 0 spiro atoms. The summed E-state index contributed by atoms with van der Waals surface area (Å²) in [5.41, 5.74) is -1.59. The van der Waals surface area contributed by atoms with Crippen LogP contribution in [0.1, 0.15) is 44.9 Å². The minimum atomic E-state index is -4.87. The first-order valence-electron chi connectivity index (χ1n) is 11.1. The minimum absolute atomic E-state index is 0.0677. The molecular formula is C23H27F4N5O2. The number of fused-ring (bicyclic) bond motifs is 1. The highest BCUT2D eigenvalue weighted by molar-refractivity contribution is 5.89. The van der Waals surface area contributed by atoms with Gasteiger partial charge >= 0.3 is 12.3 Å². The molecule has 1 saturated heterocycles. The van der Waals surface area contributed by atoms with Crippen molar-refractivity contribution in [2.75, 3.05) is 29.9 Å². The number of piperazine rings is 1. The van der Waals surface area contributed by atoms with Crippen LogP contribution in [-0.4, -0.2) is 47.9 Å². The molecule has 11 heteroatoms. The van der Waals surface area contributed by atoms with Crippen LogP contribution >= 0.6 is 0 Å². The molecule has 0 saturated carbocycles. The Morgan fingerprint density at radius 2 is 1.97 bits per heavy atom. The van der Waals surface area contributed by atoms with Crippen molar-refractivity contribution in [1.29, 1.82) is 0 Å². The van der Waals surface area contributed by atoms with Crippen molar-refractivity contribution < 1.29 is 27.1 Å². The molecule has 4 rings (SSSR count). The van der Waals surface area contributed by atoms with E-state index in [4.69, 9.17) is 0 Å². The third-order valence-electron chi connectivity index (χ3n) is 6.42. The van der Waals surface area contributed by atoms with Gasteiger partial charge in [-0.3, -0.25) is 5.32 Å². The Balaban J connectivity index is 1.92. The number of cyclic esters (lactones) is 1. The number of rotatable bonds is 4. The third-order valence-corrected chi connectivity index (χ3v) is 6.42. The Morgan fingerprint density at radius 3 is 2.62 bits per heavy atom. The highest BCUT2D eigenvalue weighted by Crippen LogP contribution is 2.46. The Morgan fingerprint density at radius 1 is 1.24 bits per heavy atom. The second kappa shape index (κ2) is 8.68. The zero-order valence-electron chi connectivity index (χ0n) is 19.3. The van der Waals surface area contributed by atoms with Crippen LogP contribution < -0.4 is 15.5 Å². The molecule has 3 unspecified atom stereocenters. The maximum Gasteiger partial charge on any atom is 0.430 e. The smallest absolute Gasteiger partial charge is 0.430 e. The zero-order valence-corrected chi connectivity index (χ0v) is 19.3. The van der Waals surface area contributed by atoms with Gasteiger partial charge in [-0.1, -0.05) is 13.8 Å². The lowest BCUT2D eigenvalue weighted by atomic mass is 9.86. The SMILES string of the molecule is CC1CN(c2cc(C(C)(F)C(C)C)cc(-c3ccnc4c3C(C(F)(F)F)OC(=O)N4)n2)CCN1. The number of carbonyl (C=O) groups is 1. The highest BCUT2D eigenvalue weighted by atomic mass is 19.4. The molecule has 2 N–H and O–H groups in total. The van der Waals surface area contributed by atoms with Gasteiger partial charge in [-0.2, -0.15) is 13.2 Å². The molecule has 3 atom stereocenters. The number of carbonyl (C=O) groups excluding carboxylic acids is 1. The molecule has 2 aliphatic rings. The number of ether oxygens (including phenoxy) is 1. The van der Waals surface area contributed by atoms with Crippen molar-refractivity contribution in [2.24, 2.45) is 5.92 Å². The van der Waals surface area contributed by atoms with Crippen LogP contribution in [0, 0.1) is 5.92 Å². The fraction of sp³-hybridized carbons (Fsp3) is 0.522. The van der Waals surface area contributed by atoms with E-state index >= 15 is 4.39 Å². The molecule has 2 aromatic rings. The number of pyridine rings is 2. The van der Waals surface area contributed by atoms with Crippen LogP contribution in [0.3, 0.4) is 0 Å². The van der Waals surface area contributed by atoms with E-state index in [0.717, 1.165) is 0 Å². The summed E-state index contributed by atoms with van der Waals surface area (Å²) in [5, 5.41) is 5.55. The zero-order chi connectivity index (χ0) is 24.8. The molecule has 184 valence electrons. The normalized spacial score (nSPS) is 22.6. The Bertz CT molecular complexity index is 1090. The number of nitrogens with one attached hydrogen (secondary N) is 2. The van der Waals surface area contributed by atoms with Gasteiger partial charge in [-0.15, -0.1) is 0 Å². The summed E-state index contributed by atoms with van der Waals surface area (Å²) in [6, 6.07) is 4.67. The van der Waals surface area contributed by atoms with Gasteiger partial charge in [0.1, 0.15) is 17.3 Å². The van der Waals surface area contributed by atoms with Crippen LogP contribution in [0.2, 0.25) is 0 Å². The molecule has 1 fully saturated rings. The van der Waals surface area contributed by atoms with E-state index in [1.807, 2.05) is 11.8 Å². The lowest BCUT2D eigenvalue weighted by molar-refractivity contribution is -0.206. The van der Waals surface area contributed by atoms with E-state index in [-0.39, 0.29) is 28.7 Å². The largest absolute Gasteiger partial charge is 0.431 e. The maximum absolute atomic E-state index is 15.8. The highest BCUT2D eigenvalue weighted by Gasteiger charge is 2.49. The van der Waals surface area contributed by atoms with E-state index in [2.05, 4.69) is 25.3 Å². The monoisotopic (exact) mass is 481 g/mol. The number of nitrogens with zero attached hydrogens (tertiary/aromatic N) is 3. The Kier molecular flexibility index (Phi) is 6.17. The summed E-state index contributed by atoms with van der Waals surface area (Å²) >= 11 is 0. The summed E-state index contributed by atoms with van der Waals surface area (Å²) in [4.78, 5) is 22.3. The number of aromatic nitrogens is 2. The molecule has 0 aromatic carbocycles. The van der Waals surface area contributed by atoms with Crippen LogP contribution in [-0.2, 0) is 10.4 Å². The third kappa shape index (κ3) is 4.53. The first kappa shape index (κ1) is 24.2. The summed E-state index contributed by atoms with van der Waals surface area (Å²) in [6.45, 7) is 8.86. The van der Waals surface area contributed by atoms with Crippen LogP contribution in [0.25, 0.3) is 11.3 Å². The summed E-state index contributed by atoms with van der Waals surface area (Å²) in [7, 11) is 0. The lowest BCUT2D eigenvalue weighted by Crippen LogP contribution is -2.49. The molecule has 0 bridgehead atoms. The summed E-state index contributed by atoms with van der Waals surface area (Å²) in [5.74, 6) is -0.179. The number of hydrogen-bond donors (Lipinski definition) is 2. The average Bonchev–Trinajstić information content (AvgIpc) is 2.77. The van der Waals surface area contributed by atoms with Crippen molar-refractivity contribution >= 4 is 17.7 Å². The van der Waals surface area contributed by atoms with E-state index in [9.17, 15) is 18.0 Å². The van der Waals surface area contributed by atoms with Gasteiger partial charge in [-0.25, -0.2) is 19.2 Å². The van der Waals surface area contributed by atoms with Gasteiger partial charge < -0.3 is 15.0 Å². The first-order chi connectivity index (χ1) is 15.9. The maximum atomic E-state index is 15.8. The number of alkyl halides is 4. The molecule has 0 aliphatic carbocycles. The summed E-state index contributed by atoms with van der Waals surface area (Å²) < 4.78 is 61.9. The molecule has 4 heterocycles. The molecule has 7 nitrogen and oxygen atoms in total. The minimum Gasteiger partial charge on any atom is -0.431 e. The van der Waals surface area contributed by atoms with Crippen molar-refractivity contribution in [2.45, 2.75) is 51.7 Å². The molecule has 1 amide bonds. The van der Waals surface area contributed by atoms with Crippen LogP contribution in [0.4, 0.5) is 34.0 Å². The number of amides is 1. The predicted octanol–water partition coefficient (Wildman–Crippen LogP) is 4.95. The van der Waals surface area contributed by atoms with Crippen LogP contribution in [0.5, 0.6) is 0 Å². The standard InChI is InChI=1S/C23H27F4N5O2/c1-12(2)22(4,24)14-9-16(30-17(10-14)32-8-7-28-13(3)11-32)15-5-6-29-20-18(15)19(23(25,26)27)34-21(33)31-20/h5-6,9-10,12-13,19,28H,7-8,11H2,1-4H3,(H,29,31,33). The summed E-state index contributed by atoms with van der Waals surface area (Å²) in [6.07, 6.45) is -7.35. The second-order valence-electron chi connectivity index (χ2n) is 9.20. The first-order valence-corrected chi connectivity index (χ1v) is 11.1. The number of anilines is 2. The van der Waals surface area contributed by atoms with Crippen LogP contribution in [0.15, 0.2) is 24.4 Å². The topological polar surface area (TPSA) is 79.4 Å². The van der Waals surface area contributed by atoms with E-state index in [0.29, 0.717) is 31.0 Å². The second-order valence-corrected chi connectivity index (χ2v) is 9.20. The number of hydrogen-bond acceptors (Lipinski definition) is 6. The van der Waals surface area contributed by atoms with Crippen molar-refractivity contribution in [3.63, 3.8) is 0 Å². The van der Waals surface area contributed by atoms with E-state index in [1.165, 1.54) is 25.3 Å². The molecule has 2 aromatic heterocycles. The van der Waals surface area contributed by atoms with Gasteiger partial charge in [0.15, 0.2) is 0 Å². The molecule has 2 aliphatic heterocycles.